The van der Waals surface area contributed by atoms with E-state index in [0.717, 1.165) is 0 Å². The molecule has 0 aromatic rings. The van der Waals surface area contributed by atoms with E-state index in [0.29, 0.717) is 5.41 Å². The molecule has 0 spiro atoms. The molecule has 3 radical (unpaired) electrons. The van der Waals surface area contributed by atoms with Gasteiger partial charge < -0.3 is 0 Å². The molecule has 0 fully saturated rings. The summed E-state index contributed by atoms with van der Waals surface area (Å²) in [4.78, 5) is 0. The summed E-state index contributed by atoms with van der Waals surface area (Å²) in [5.74, 6) is 3.59. The van der Waals surface area contributed by atoms with E-state index in [1.807, 2.05) is 0 Å². The molecule has 0 aliphatic rings. The Balaban J connectivity index is 4.50. The molecule has 0 aromatic heterocycles. The third-order valence-corrected chi connectivity index (χ3v) is 3.71. The van der Waals surface area contributed by atoms with Crippen LogP contribution in [0.1, 0.15) is 78.6 Å². The van der Waals surface area contributed by atoms with Gasteiger partial charge >= 0.3 is 116 Å². The Bertz CT molecular complexity index is 187. The van der Waals surface area contributed by atoms with Gasteiger partial charge in [0.25, 0.3) is 0 Å². The predicted octanol–water partition coefficient (Wildman–Crippen LogP) is 4.67. The van der Waals surface area contributed by atoms with E-state index in [9.17, 15) is 0 Å². The van der Waals surface area contributed by atoms with Gasteiger partial charge in [0.05, 0.1) is 0 Å². The second-order valence-corrected chi connectivity index (χ2v) is 5.55. The molecule has 1 heteroatoms. The van der Waals surface area contributed by atoms with Crippen LogP contribution in [0.3, 0.4) is 0 Å². The zero-order valence-corrected chi connectivity index (χ0v) is 14.2. The van der Waals surface area contributed by atoms with Crippen molar-refractivity contribution in [2.45, 2.75) is 78.6 Å². The van der Waals surface area contributed by atoms with Gasteiger partial charge in [-0.2, -0.15) is 0 Å². The van der Waals surface area contributed by atoms with E-state index in [1.165, 1.54) is 80.3 Å². The van der Waals surface area contributed by atoms with Crippen molar-refractivity contribution in [1.29, 1.82) is 0 Å². The second kappa shape index (κ2) is 10.5. The van der Waals surface area contributed by atoms with Crippen molar-refractivity contribution < 1.29 is 0 Å². The van der Waals surface area contributed by atoms with Crippen LogP contribution in [-0.4, -0.2) is 22.5 Å². The van der Waals surface area contributed by atoms with E-state index in [-0.39, 0.29) is 0 Å². The molecule has 0 saturated heterocycles. The first-order valence-electron chi connectivity index (χ1n) is 6.93. The van der Waals surface area contributed by atoms with Gasteiger partial charge in [-0.05, 0) is 0 Å². The van der Waals surface area contributed by atoms with Gasteiger partial charge in [-0.1, -0.05) is 0 Å². The van der Waals surface area contributed by atoms with E-state index >= 15 is 0 Å². The maximum atomic E-state index is 3.59. The Kier molecular flexibility index (Phi) is 10.7. The third-order valence-electron chi connectivity index (χ3n) is 3.35. The van der Waals surface area contributed by atoms with Gasteiger partial charge in [0, 0.05) is 0 Å². The fourth-order valence-electron chi connectivity index (χ4n) is 2.24. The zero-order chi connectivity index (χ0) is 12.3. The van der Waals surface area contributed by atoms with E-state index in [4.69, 9.17) is 0 Å². The fourth-order valence-corrected chi connectivity index (χ4v) is 3.00. The molecule has 0 saturated carbocycles. The molecule has 0 amide bonds. The van der Waals surface area contributed by atoms with Crippen LogP contribution in [0.4, 0.5) is 0 Å². The van der Waals surface area contributed by atoms with Crippen LogP contribution in [0.2, 0.25) is 0 Å². The van der Waals surface area contributed by atoms with Crippen molar-refractivity contribution in [2.24, 2.45) is 5.41 Å². The number of hydrogen-bond donors (Lipinski definition) is 0. The molecule has 0 unspecified atom stereocenters. The molecular formula is C15H27Sn. The molecule has 0 rings (SSSR count). The third kappa shape index (κ3) is 6.84. The molecule has 0 nitrogen and oxygen atoms in total. The van der Waals surface area contributed by atoms with Gasteiger partial charge in [-0.3, -0.25) is 0 Å². The summed E-state index contributed by atoms with van der Waals surface area (Å²) in [7, 11) is 0. The maximum absolute atomic E-state index is 3.59. The summed E-state index contributed by atoms with van der Waals surface area (Å²) in [6.07, 6.45) is 11.9. The van der Waals surface area contributed by atoms with Crippen LogP contribution in [0.25, 0.3) is 0 Å². The topological polar surface area (TPSA) is 0 Å². The van der Waals surface area contributed by atoms with Crippen molar-refractivity contribution in [3.05, 3.63) is 0 Å². The van der Waals surface area contributed by atoms with Gasteiger partial charge in [-0.25, -0.2) is 0 Å². The first kappa shape index (κ1) is 16.4. The molecule has 16 heavy (non-hydrogen) atoms. The quantitative estimate of drug-likeness (QED) is 0.427. The van der Waals surface area contributed by atoms with Gasteiger partial charge in [0.15, 0.2) is 0 Å². The monoisotopic (exact) mass is 327 g/mol. The Morgan fingerprint density at radius 1 is 0.812 bits per heavy atom. The summed E-state index contributed by atoms with van der Waals surface area (Å²) in [6, 6.07) is 0. The second-order valence-electron chi connectivity index (χ2n) is 4.84. The standard InChI is InChI=1S/C15H27.Sn/c1-5-9-12-15(8-4,13-10-6-2)14-11-7-3;/h5-7,9-14H2,1-3H3;. The number of unbranched alkanes of at least 4 members (excludes halogenated alkanes) is 3. The summed E-state index contributed by atoms with van der Waals surface area (Å²) in [5.41, 5.74) is 0.367. The van der Waals surface area contributed by atoms with E-state index in [1.54, 1.807) is 0 Å². The Morgan fingerprint density at radius 3 is 1.44 bits per heavy atom. The SMILES string of the molecule is CCCCC(C#[C][Sn])(CCCC)CCCC. The van der Waals surface area contributed by atoms with Crippen molar-refractivity contribution in [2.75, 3.05) is 0 Å². The number of rotatable bonds is 9. The summed E-state index contributed by atoms with van der Waals surface area (Å²) >= 11 is 1.37. The van der Waals surface area contributed by atoms with Crippen LogP contribution >= 0.6 is 0 Å². The predicted molar refractivity (Wildman–Crippen MR) is 74.5 cm³/mol. The molecule has 0 atom stereocenters. The van der Waals surface area contributed by atoms with Crippen molar-refractivity contribution >= 4 is 22.5 Å². The Labute approximate surface area is 116 Å². The Hall–Kier alpha value is 0.359. The molecule has 0 N–H and O–H groups in total. The van der Waals surface area contributed by atoms with Crippen LogP contribution in [0, 0.1) is 15.3 Å². The fraction of sp³-hybridized carbons (Fsp3) is 0.867. The van der Waals surface area contributed by atoms with Gasteiger partial charge in [-0.15, -0.1) is 0 Å². The average molecular weight is 326 g/mol. The summed E-state index contributed by atoms with van der Waals surface area (Å²) in [6.45, 7) is 6.86. The van der Waals surface area contributed by atoms with Crippen molar-refractivity contribution in [3.8, 4) is 9.86 Å². The van der Waals surface area contributed by atoms with Gasteiger partial charge in [0.2, 0.25) is 0 Å². The first-order chi connectivity index (χ1) is 7.74. The van der Waals surface area contributed by atoms with Crippen LogP contribution in [-0.2, 0) is 0 Å². The molecule has 91 valence electrons. The molecule has 0 aromatic carbocycles. The number of hydrogen-bond acceptors (Lipinski definition) is 0. The van der Waals surface area contributed by atoms with Crippen LogP contribution in [0.5, 0.6) is 0 Å². The van der Waals surface area contributed by atoms with Crippen molar-refractivity contribution in [3.63, 3.8) is 0 Å². The van der Waals surface area contributed by atoms with E-state index < -0.39 is 0 Å². The normalized spacial score (nSPS) is 11.0. The van der Waals surface area contributed by atoms with Gasteiger partial charge in [0.1, 0.15) is 0 Å². The van der Waals surface area contributed by atoms with Crippen molar-refractivity contribution in [1.82, 2.24) is 0 Å². The summed E-state index contributed by atoms with van der Waals surface area (Å²) in [5, 5.41) is 0. The molecular weight excluding hydrogens is 299 g/mol. The Morgan fingerprint density at radius 2 is 1.19 bits per heavy atom. The molecule has 0 aliphatic carbocycles. The first-order valence-corrected chi connectivity index (χ1v) is 8.36. The molecule has 0 bridgehead atoms. The molecule has 0 aliphatic heterocycles. The minimum atomic E-state index is 0.367. The van der Waals surface area contributed by atoms with Crippen LogP contribution < -0.4 is 0 Å². The summed E-state index contributed by atoms with van der Waals surface area (Å²) < 4.78 is 3.28. The minimum absolute atomic E-state index is 0.367. The van der Waals surface area contributed by atoms with E-state index in [2.05, 4.69) is 30.6 Å². The average Bonchev–Trinajstić information content (AvgIpc) is 2.31. The van der Waals surface area contributed by atoms with Crippen LogP contribution in [0.15, 0.2) is 0 Å². The molecule has 0 heterocycles. The zero-order valence-electron chi connectivity index (χ0n) is 11.4.